The van der Waals surface area contributed by atoms with Crippen LogP contribution in [0.5, 0.6) is 0 Å². The molecule has 1 amide bonds. The monoisotopic (exact) mass is 285 g/mol. The van der Waals surface area contributed by atoms with Gasteiger partial charge in [-0.15, -0.1) is 0 Å². The van der Waals surface area contributed by atoms with Gasteiger partial charge >= 0.3 is 0 Å². The molecule has 3 rings (SSSR count). The van der Waals surface area contributed by atoms with Crippen LogP contribution in [0.25, 0.3) is 0 Å². The number of benzene rings is 1. The molecule has 0 radical (unpaired) electrons. The number of carbonyl (C=O) groups is 1. The van der Waals surface area contributed by atoms with Gasteiger partial charge in [0.05, 0.1) is 18.3 Å². The van der Waals surface area contributed by atoms with Crippen molar-refractivity contribution in [2.24, 2.45) is 0 Å². The van der Waals surface area contributed by atoms with Crippen LogP contribution in [0.1, 0.15) is 40.0 Å². The van der Waals surface area contributed by atoms with Crippen LogP contribution in [0.15, 0.2) is 30.5 Å². The first-order valence-electron chi connectivity index (χ1n) is 7.19. The molecule has 21 heavy (non-hydrogen) atoms. The Morgan fingerprint density at radius 1 is 1.48 bits per heavy atom. The number of carbonyl (C=O) groups excluding carboxylic acids is 1. The maximum absolute atomic E-state index is 12.1. The minimum absolute atomic E-state index is 0.210. The molecule has 0 spiro atoms. The van der Waals surface area contributed by atoms with Crippen LogP contribution >= 0.6 is 0 Å². The van der Waals surface area contributed by atoms with Crippen LogP contribution in [0.2, 0.25) is 0 Å². The third kappa shape index (κ3) is 2.56. The van der Waals surface area contributed by atoms with Gasteiger partial charge in [-0.05, 0) is 37.3 Å². The number of H-pyrrole nitrogens is 1. The van der Waals surface area contributed by atoms with E-state index in [-0.39, 0.29) is 12.5 Å². The number of rotatable bonds is 3. The normalized spacial score (nSPS) is 20.9. The number of hydrogen-bond donors (Lipinski definition) is 3. The number of hydrogen-bond acceptors (Lipinski definition) is 3. The highest BCUT2D eigenvalue weighted by Crippen LogP contribution is 2.34. The van der Waals surface area contributed by atoms with Gasteiger partial charge in [0, 0.05) is 5.69 Å². The van der Waals surface area contributed by atoms with Crippen LogP contribution in [0, 0.1) is 6.92 Å². The maximum atomic E-state index is 12.1. The topological polar surface area (TPSA) is 78.0 Å². The zero-order valence-corrected chi connectivity index (χ0v) is 12.0. The average Bonchev–Trinajstić information content (AvgIpc) is 2.92. The predicted molar refractivity (Wildman–Crippen MR) is 78.9 cm³/mol. The molecular weight excluding hydrogens is 266 g/mol. The van der Waals surface area contributed by atoms with Crippen molar-refractivity contribution in [1.82, 2.24) is 15.5 Å². The number of aromatic nitrogens is 2. The van der Waals surface area contributed by atoms with Crippen LogP contribution in [-0.2, 0) is 12.0 Å². The Hall–Kier alpha value is -2.14. The molecule has 2 aromatic rings. The van der Waals surface area contributed by atoms with E-state index in [1.165, 1.54) is 11.8 Å². The molecule has 0 saturated heterocycles. The molecule has 110 valence electrons. The van der Waals surface area contributed by atoms with E-state index in [0.29, 0.717) is 12.0 Å². The number of aromatic amines is 1. The summed E-state index contributed by atoms with van der Waals surface area (Å²) in [6.45, 7) is 2.01. The Morgan fingerprint density at radius 3 is 3.05 bits per heavy atom. The lowest BCUT2D eigenvalue weighted by molar-refractivity contribution is 0.0189. The van der Waals surface area contributed by atoms with E-state index >= 15 is 0 Å². The van der Waals surface area contributed by atoms with Crippen LogP contribution in [-0.4, -0.2) is 27.8 Å². The highest BCUT2D eigenvalue weighted by atomic mass is 16.3. The Bertz CT molecular complexity index is 665. The Labute approximate surface area is 123 Å². The molecule has 1 aliphatic carbocycles. The summed E-state index contributed by atoms with van der Waals surface area (Å²) < 4.78 is 0. The molecule has 0 saturated carbocycles. The number of aliphatic hydroxyl groups is 1. The molecule has 1 atom stereocenters. The van der Waals surface area contributed by atoms with E-state index in [4.69, 9.17) is 0 Å². The van der Waals surface area contributed by atoms with Gasteiger partial charge in [-0.25, -0.2) is 0 Å². The summed E-state index contributed by atoms with van der Waals surface area (Å²) in [5, 5.41) is 20.3. The molecule has 5 nitrogen and oxygen atoms in total. The fraction of sp³-hybridized carbons (Fsp3) is 0.375. The summed E-state index contributed by atoms with van der Waals surface area (Å²) in [7, 11) is 0. The first-order chi connectivity index (χ1) is 10.1. The van der Waals surface area contributed by atoms with E-state index in [0.717, 1.165) is 24.1 Å². The quantitative estimate of drug-likeness (QED) is 0.802. The molecule has 0 unspecified atom stereocenters. The Balaban J connectivity index is 1.76. The van der Waals surface area contributed by atoms with Crippen LogP contribution < -0.4 is 5.32 Å². The second-order valence-corrected chi connectivity index (χ2v) is 5.63. The zero-order chi connectivity index (χ0) is 14.9. The lowest BCUT2D eigenvalue weighted by Crippen LogP contribution is -2.43. The molecule has 1 aliphatic rings. The molecule has 1 aromatic heterocycles. The fourth-order valence-corrected chi connectivity index (χ4v) is 2.98. The highest BCUT2D eigenvalue weighted by Gasteiger charge is 2.34. The van der Waals surface area contributed by atoms with E-state index in [1.54, 1.807) is 6.92 Å². The number of nitrogens with zero attached hydrogens (tertiary/aromatic N) is 1. The van der Waals surface area contributed by atoms with Crippen molar-refractivity contribution in [3.63, 3.8) is 0 Å². The minimum atomic E-state index is -0.984. The van der Waals surface area contributed by atoms with Crippen molar-refractivity contribution in [2.75, 3.05) is 6.54 Å². The summed E-state index contributed by atoms with van der Waals surface area (Å²) in [5.74, 6) is -0.210. The van der Waals surface area contributed by atoms with Crippen molar-refractivity contribution in [2.45, 2.75) is 31.8 Å². The molecule has 3 N–H and O–H groups in total. The molecule has 1 aromatic carbocycles. The summed E-state index contributed by atoms with van der Waals surface area (Å²) in [6, 6.07) is 7.90. The molecule has 5 heteroatoms. The summed E-state index contributed by atoms with van der Waals surface area (Å²) in [4.78, 5) is 12.1. The van der Waals surface area contributed by atoms with Crippen molar-refractivity contribution < 1.29 is 9.90 Å². The lowest BCUT2D eigenvalue weighted by Gasteiger charge is -2.34. The van der Waals surface area contributed by atoms with Gasteiger partial charge in [0.25, 0.3) is 5.91 Å². The fourth-order valence-electron chi connectivity index (χ4n) is 2.98. The van der Waals surface area contributed by atoms with Gasteiger partial charge in [0.2, 0.25) is 0 Å². The number of nitrogens with one attached hydrogen (secondary N) is 2. The van der Waals surface area contributed by atoms with Gasteiger partial charge in [-0.3, -0.25) is 9.89 Å². The molecule has 0 bridgehead atoms. The van der Waals surface area contributed by atoms with Crippen LogP contribution in [0.4, 0.5) is 0 Å². The smallest absolute Gasteiger partial charge is 0.254 e. The summed E-state index contributed by atoms with van der Waals surface area (Å²) in [6.07, 6.45) is 4.07. The molecule has 1 heterocycles. The van der Waals surface area contributed by atoms with Crippen molar-refractivity contribution in [1.29, 1.82) is 0 Å². The Kier molecular flexibility index (Phi) is 3.51. The Morgan fingerprint density at radius 2 is 2.29 bits per heavy atom. The maximum Gasteiger partial charge on any atom is 0.254 e. The standard InChI is InChI=1S/C16H19N3O2/c1-11-13(9-18-19-11)15(20)17-10-16(21)8-4-6-12-5-2-3-7-14(12)16/h2-3,5,7,9,21H,4,6,8,10H2,1H3,(H,17,20)(H,18,19)/t16-/m0/s1. The summed E-state index contributed by atoms with van der Waals surface area (Å²) >= 11 is 0. The number of amides is 1. The largest absolute Gasteiger partial charge is 0.383 e. The predicted octanol–water partition coefficient (Wildman–Crippen LogP) is 1.67. The molecule has 0 aliphatic heterocycles. The summed E-state index contributed by atoms with van der Waals surface area (Å²) in [5.41, 5.74) is 2.36. The van der Waals surface area contributed by atoms with Crippen molar-refractivity contribution in [3.8, 4) is 0 Å². The van der Waals surface area contributed by atoms with E-state index in [2.05, 4.69) is 15.5 Å². The van der Waals surface area contributed by atoms with Gasteiger partial charge in [0.1, 0.15) is 5.60 Å². The van der Waals surface area contributed by atoms with Gasteiger partial charge in [-0.1, -0.05) is 24.3 Å². The number of aryl methyl sites for hydroxylation is 2. The van der Waals surface area contributed by atoms with E-state index < -0.39 is 5.60 Å². The molecular formula is C16H19N3O2. The SMILES string of the molecule is Cc1[nH]ncc1C(=O)NC[C@@]1(O)CCCc2ccccc21. The highest BCUT2D eigenvalue weighted by molar-refractivity contribution is 5.95. The third-order valence-corrected chi connectivity index (χ3v) is 4.17. The first-order valence-corrected chi connectivity index (χ1v) is 7.19. The second-order valence-electron chi connectivity index (χ2n) is 5.63. The zero-order valence-electron chi connectivity index (χ0n) is 12.0. The number of fused-ring (bicyclic) bond motifs is 1. The minimum Gasteiger partial charge on any atom is -0.383 e. The van der Waals surface area contributed by atoms with Gasteiger partial charge in [-0.2, -0.15) is 5.10 Å². The van der Waals surface area contributed by atoms with Crippen LogP contribution in [0.3, 0.4) is 0 Å². The lowest BCUT2D eigenvalue weighted by atomic mass is 9.79. The van der Waals surface area contributed by atoms with Crippen molar-refractivity contribution >= 4 is 5.91 Å². The third-order valence-electron chi connectivity index (χ3n) is 4.17. The van der Waals surface area contributed by atoms with E-state index in [1.807, 2.05) is 24.3 Å². The van der Waals surface area contributed by atoms with Gasteiger partial charge < -0.3 is 10.4 Å². The van der Waals surface area contributed by atoms with E-state index in [9.17, 15) is 9.90 Å². The van der Waals surface area contributed by atoms with Gasteiger partial charge in [0.15, 0.2) is 0 Å². The molecule has 0 fully saturated rings. The van der Waals surface area contributed by atoms with Crippen molar-refractivity contribution in [3.05, 3.63) is 52.8 Å². The second kappa shape index (κ2) is 5.33. The first kappa shape index (κ1) is 13.8. The average molecular weight is 285 g/mol.